The summed E-state index contributed by atoms with van der Waals surface area (Å²) in [5.74, 6) is -0.288. The van der Waals surface area contributed by atoms with Crippen molar-refractivity contribution in [2.75, 3.05) is 7.11 Å². The number of ether oxygens (including phenoxy) is 2. The number of hydrogen-bond donors (Lipinski definition) is 0. The van der Waals surface area contributed by atoms with Crippen molar-refractivity contribution in [1.29, 1.82) is 0 Å². The lowest BCUT2D eigenvalue weighted by atomic mass is 10.1. The van der Waals surface area contributed by atoms with Crippen LogP contribution < -0.4 is 9.47 Å². The van der Waals surface area contributed by atoms with Gasteiger partial charge in [-0.1, -0.05) is 11.6 Å². The van der Waals surface area contributed by atoms with E-state index in [1.54, 1.807) is 18.3 Å². The Bertz CT molecular complexity index is 1790. The van der Waals surface area contributed by atoms with Gasteiger partial charge in [0, 0.05) is 30.9 Å². The van der Waals surface area contributed by atoms with Gasteiger partial charge in [0.05, 0.1) is 18.2 Å². The van der Waals surface area contributed by atoms with Gasteiger partial charge in [0.25, 0.3) is 0 Å². The van der Waals surface area contributed by atoms with Crippen molar-refractivity contribution < 1.29 is 27.0 Å². The fourth-order valence-corrected chi connectivity index (χ4v) is 4.54. The molecule has 15 heteroatoms. The summed E-state index contributed by atoms with van der Waals surface area (Å²) < 4.78 is 67.1. The number of nitrogens with zero attached hydrogens (tertiary/aromatic N) is 8. The van der Waals surface area contributed by atoms with E-state index >= 15 is 4.39 Å². The monoisotopic (exact) mass is 586 g/mol. The smallest absolute Gasteiger partial charge is 0.436 e. The predicted molar refractivity (Wildman–Crippen MR) is 138 cm³/mol. The third kappa shape index (κ3) is 4.99. The van der Waals surface area contributed by atoms with Crippen LogP contribution >= 0.6 is 11.6 Å². The zero-order valence-corrected chi connectivity index (χ0v) is 22.2. The van der Waals surface area contributed by atoms with Crippen LogP contribution in [0.1, 0.15) is 35.7 Å². The standard InChI is InChI=1S/C26H19ClF4N8O2/c1-39-20(27)19(26(29,30)31)36-23(39)18-15(28)8-12(9-33-18)10-41-24-14-4-3-7-32-21(14)37-22(38-24)16-17(13-5-6-13)34-11-35-25(16)40-2/h3-4,7-9,11,13H,5-6,10H2,1-2H3. The molecule has 0 amide bonds. The fraction of sp³-hybridized carbons (Fsp3) is 0.269. The van der Waals surface area contributed by atoms with Gasteiger partial charge in [-0.15, -0.1) is 0 Å². The predicted octanol–water partition coefficient (Wildman–Crippen LogP) is 5.55. The summed E-state index contributed by atoms with van der Waals surface area (Å²) in [6.45, 7) is -0.169. The second kappa shape index (κ2) is 10.2. The van der Waals surface area contributed by atoms with E-state index in [-0.39, 0.29) is 30.1 Å². The van der Waals surface area contributed by atoms with Crippen LogP contribution in [-0.4, -0.2) is 46.6 Å². The Hall–Kier alpha value is -4.46. The van der Waals surface area contributed by atoms with Crippen molar-refractivity contribution in [2.24, 2.45) is 7.05 Å². The topological polar surface area (TPSA) is 114 Å². The van der Waals surface area contributed by atoms with Gasteiger partial charge in [0.15, 0.2) is 28.8 Å². The van der Waals surface area contributed by atoms with E-state index in [4.69, 9.17) is 21.1 Å². The molecule has 0 radical (unpaired) electrons. The number of methoxy groups -OCH3 is 1. The lowest BCUT2D eigenvalue weighted by Crippen LogP contribution is -2.06. The number of fused-ring (bicyclic) bond motifs is 1. The molecule has 1 aliphatic rings. The minimum Gasteiger partial charge on any atom is -0.480 e. The van der Waals surface area contributed by atoms with E-state index in [2.05, 4.69) is 34.9 Å². The Kier molecular flexibility index (Phi) is 6.64. The van der Waals surface area contributed by atoms with Crippen molar-refractivity contribution in [3.05, 3.63) is 64.8 Å². The van der Waals surface area contributed by atoms with Crippen LogP contribution in [0.3, 0.4) is 0 Å². The highest BCUT2D eigenvalue weighted by Crippen LogP contribution is 2.45. The second-order valence-electron chi connectivity index (χ2n) is 9.24. The molecule has 0 spiro atoms. The number of hydrogen-bond acceptors (Lipinski definition) is 9. The van der Waals surface area contributed by atoms with E-state index < -0.39 is 28.5 Å². The molecule has 1 saturated carbocycles. The molecule has 10 nitrogen and oxygen atoms in total. The van der Waals surface area contributed by atoms with Crippen molar-refractivity contribution >= 4 is 22.6 Å². The summed E-state index contributed by atoms with van der Waals surface area (Å²) >= 11 is 5.78. The molecule has 1 aliphatic carbocycles. The lowest BCUT2D eigenvalue weighted by Gasteiger charge is -2.13. The zero-order chi connectivity index (χ0) is 28.9. The first kappa shape index (κ1) is 26.7. The van der Waals surface area contributed by atoms with E-state index in [9.17, 15) is 13.2 Å². The molecule has 5 aromatic rings. The van der Waals surface area contributed by atoms with E-state index in [1.807, 2.05) is 0 Å². The average molecular weight is 587 g/mol. The first-order valence-corrected chi connectivity index (χ1v) is 12.6. The van der Waals surface area contributed by atoms with Gasteiger partial charge in [-0.3, -0.25) is 0 Å². The van der Waals surface area contributed by atoms with Crippen molar-refractivity contribution in [1.82, 2.24) is 39.5 Å². The summed E-state index contributed by atoms with van der Waals surface area (Å²) in [6.07, 6.45) is 1.42. The molecule has 0 atom stereocenters. The Morgan fingerprint density at radius 3 is 2.56 bits per heavy atom. The fourth-order valence-electron chi connectivity index (χ4n) is 4.31. The van der Waals surface area contributed by atoms with Crippen molar-refractivity contribution in [2.45, 2.75) is 31.5 Å². The minimum absolute atomic E-state index is 0.168. The molecule has 0 aliphatic heterocycles. The third-order valence-electron chi connectivity index (χ3n) is 6.44. The van der Waals surface area contributed by atoms with E-state index in [1.165, 1.54) is 26.7 Å². The van der Waals surface area contributed by atoms with Crippen molar-refractivity contribution in [3.63, 3.8) is 0 Å². The van der Waals surface area contributed by atoms with Crippen LogP contribution in [0.25, 0.3) is 33.9 Å². The molecule has 0 aromatic carbocycles. The summed E-state index contributed by atoms with van der Waals surface area (Å²) in [5.41, 5.74) is 0.236. The highest BCUT2D eigenvalue weighted by molar-refractivity contribution is 6.30. The number of alkyl halides is 3. The highest BCUT2D eigenvalue weighted by atomic mass is 35.5. The van der Waals surface area contributed by atoms with Gasteiger partial charge in [-0.05, 0) is 31.0 Å². The third-order valence-corrected chi connectivity index (χ3v) is 6.87. The largest absolute Gasteiger partial charge is 0.480 e. The van der Waals surface area contributed by atoms with Crippen LogP contribution in [0.2, 0.25) is 5.15 Å². The van der Waals surface area contributed by atoms with Gasteiger partial charge in [-0.2, -0.15) is 18.2 Å². The Morgan fingerprint density at radius 2 is 1.88 bits per heavy atom. The second-order valence-corrected chi connectivity index (χ2v) is 9.60. The maximum absolute atomic E-state index is 15.1. The van der Waals surface area contributed by atoms with Crippen LogP contribution in [0.4, 0.5) is 17.6 Å². The van der Waals surface area contributed by atoms with Crippen LogP contribution in [-0.2, 0) is 19.8 Å². The lowest BCUT2D eigenvalue weighted by molar-refractivity contribution is -0.140. The molecule has 5 heterocycles. The molecule has 1 fully saturated rings. The van der Waals surface area contributed by atoms with E-state index in [0.29, 0.717) is 28.0 Å². The van der Waals surface area contributed by atoms with Crippen LogP contribution in [0, 0.1) is 5.82 Å². The molecule has 210 valence electrons. The van der Waals surface area contributed by atoms with Crippen molar-refractivity contribution in [3.8, 4) is 34.7 Å². The molecule has 0 unspecified atom stereocenters. The minimum atomic E-state index is -4.80. The molecule has 5 aromatic heterocycles. The van der Waals surface area contributed by atoms with Gasteiger partial charge < -0.3 is 14.0 Å². The Balaban J connectivity index is 1.33. The number of imidazole rings is 1. The number of pyridine rings is 2. The van der Waals surface area contributed by atoms with Gasteiger partial charge in [-0.25, -0.2) is 34.3 Å². The van der Waals surface area contributed by atoms with Gasteiger partial charge in [0.2, 0.25) is 11.8 Å². The van der Waals surface area contributed by atoms with Gasteiger partial charge >= 0.3 is 6.18 Å². The quantitative estimate of drug-likeness (QED) is 0.226. The maximum atomic E-state index is 15.1. The summed E-state index contributed by atoms with van der Waals surface area (Å²) in [7, 11) is 2.73. The highest BCUT2D eigenvalue weighted by Gasteiger charge is 2.39. The molecular weight excluding hydrogens is 568 g/mol. The molecule has 0 bridgehead atoms. The first-order chi connectivity index (χ1) is 19.7. The molecule has 41 heavy (non-hydrogen) atoms. The van der Waals surface area contributed by atoms with E-state index in [0.717, 1.165) is 29.2 Å². The number of aromatic nitrogens is 8. The molecule has 0 N–H and O–H groups in total. The Morgan fingerprint density at radius 1 is 1.07 bits per heavy atom. The summed E-state index contributed by atoms with van der Waals surface area (Å²) in [6, 6.07) is 4.52. The summed E-state index contributed by atoms with van der Waals surface area (Å²) in [5, 5.41) is -0.168. The molecular formula is C26H19ClF4N8O2. The van der Waals surface area contributed by atoms with Crippen LogP contribution in [0.5, 0.6) is 11.8 Å². The van der Waals surface area contributed by atoms with Gasteiger partial charge in [0.1, 0.15) is 29.3 Å². The normalized spacial score (nSPS) is 13.5. The maximum Gasteiger partial charge on any atom is 0.436 e. The number of rotatable bonds is 7. The molecule has 6 rings (SSSR count). The Labute approximate surface area is 234 Å². The SMILES string of the molecule is COc1ncnc(C2CC2)c1-c1nc(OCc2cnc(-c3nc(C(F)(F)F)c(Cl)n3C)c(F)c2)c2cccnc2n1. The summed E-state index contributed by atoms with van der Waals surface area (Å²) in [4.78, 5) is 29.7. The first-order valence-electron chi connectivity index (χ1n) is 12.2. The van der Waals surface area contributed by atoms with Crippen LogP contribution in [0.15, 0.2) is 36.9 Å². The zero-order valence-electron chi connectivity index (χ0n) is 21.4. The number of halogens is 5. The average Bonchev–Trinajstić information content (AvgIpc) is 3.76. The molecule has 0 saturated heterocycles.